The molecule has 0 aromatic heterocycles. The minimum absolute atomic E-state index is 0.118. The Morgan fingerprint density at radius 1 is 0.511 bits per heavy atom. The number of benzene rings is 5. The van der Waals surface area contributed by atoms with Crippen LogP contribution in [0.4, 0.5) is 0 Å². The lowest BCUT2D eigenvalue weighted by Crippen LogP contribution is -2.04. The number of allylic oxidation sites excluding steroid dienone is 4. The van der Waals surface area contributed by atoms with Crippen LogP contribution in [0.15, 0.2) is 173 Å². The molecule has 0 saturated heterocycles. The van der Waals surface area contributed by atoms with Gasteiger partial charge in [0.2, 0.25) is 0 Å². The van der Waals surface area contributed by atoms with Crippen LogP contribution in [0.2, 0.25) is 0 Å². The van der Waals surface area contributed by atoms with E-state index in [1.54, 1.807) is 37.4 Å². The van der Waals surface area contributed by atoms with Crippen molar-refractivity contribution < 1.29 is 0 Å². The van der Waals surface area contributed by atoms with Gasteiger partial charge >= 0.3 is 0 Å². The first-order chi connectivity index (χ1) is 22.9. The predicted octanol–water partition coefficient (Wildman–Crippen LogP) is 11.4. The van der Waals surface area contributed by atoms with Gasteiger partial charge in [-0.2, -0.15) is 0 Å². The summed E-state index contributed by atoms with van der Waals surface area (Å²) < 4.78 is 0. The smallest absolute Gasteiger partial charge is 0.226 e. The Morgan fingerprint density at radius 2 is 0.830 bits per heavy atom. The van der Waals surface area contributed by atoms with Gasteiger partial charge in [0, 0.05) is 19.6 Å². The molecule has 0 fully saturated rings. The van der Waals surface area contributed by atoms with Crippen molar-refractivity contribution in [2.45, 2.75) is 48.1 Å². The summed E-state index contributed by atoms with van der Waals surface area (Å²) in [6.07, 6.45) is 0. The molecule has 0 spiro atoms. The third-order valence-electron chi connectivity index (χ3n) is 7.29. The number of nitrogens with zero attached hydrogens (tertiary/aromatic N) is 4. The van der Waals surface area contributed by atoms with Crippen molar-refractivity contribution in [2.24, 2.45) is 0 Å². The number of hydrogen-bond donors (Lipinski definition) is 0. The number of rotatable bonds is 9. The highest BCUT2D eigenvalue weighted by Gasteiger charge is 2.28. The van der Waals surface area contributed by atoms with Crippen LogP contribution >= 0.6 is 23.5 Å². The molecule has 5 aromatic carbocycles. The molecule has 1 atom stereocenters. The van der Waals surface area contributed by atoms with E-state index < -0.39 is 0 Å². The van der Waals surface area contributed by atoms with Gasteiger partial charge in [-0.1, -0.05) is 66.0 Å². The lowest BCUT2D eigenvalue weighted by atomic mass is 10.1. The van der Waals surface area contributed by atoms with Gasteiger partial charge in [0.15, 0.2) is 14.7 Å². The van der Waals surface area contributed by atoms with Crippen LogP contribution in [0.25, 0.3) is 20.8 Å². The first-order valence-corrected chi connectivity index (χ1v) is 17.3. The van der Waals surface area contributed by atoms with E-state index in [2.05, 4.69) is 82.5 Å². The van der Waals surface area contributed by atoms with Gasteiger partial charge in [-0.05, 0) is 121 Å². The highest BCUT2D eigenvalue weighted by Crippen LogP contribution is 2.36. The molecule has 0 amide bonds. The molecule has 0 saturated carbocycles. The minimum Gasteiger partial charge on any atom is -0.226 e. The van der Waals surface area contributed by atoms with Gasteiger partial charge in [-0.15, -0.1) is 0 Å². The van der Waals surface area contributed by atoms with Crippen LogP contribution in [0, 0.1) is 35.8 Å². The number of nitriles is 2. The zero-order chi connectivity index (χ0) is 33.2. The summed E-state index contributed by atoms with van der Waals surface area (Å²) in [4.78, 5) is 14.8. The van der Waals surface area contributed by atoms with E-state index in [-0.39, 0.29) is 22.3 Å². The monoisotopic (exact) mass is 659 g/mol. The van der Waals surface area contributed by atoms with E-state index in [1.165, 1.54) is 14.7 Å². The Labute approximate surface area is 287 Å². The molecule has 0 N–H and O–H groups in total. The molecule has 4 nitrogen and oxygen atoms in total. The highest BCUT2D eigenvalue weighted by molar-refractivity contribution is 7.99. The van der Waals surface area contributed by atoms with E-state index in [0.29, 0.717) is 11.1 Å². The van der Waals surface area contributed by atoms with Crippen molar-refractivity contribution in [3.05, 3.63) is 173 Å². The van der Waals surface area contributed by atoms with Gasteiger partial charge in [-0.3, -0.25) is 0 Å². The fourth-order valence-corrected chi connectivity index (χ4v) is 8.42. The Kier molecular flexibility index (Phi) is 11.0. The molecule has 0 radical (unpaired) electrons. The van der Waals surface area contributed by atoms with E-state index in [0.717, 1.165) is 30.7 Å². The lowest BCUT2D eigenvalue weighted by Gasteiger charge is -2.10. The predicted molar refractivity (Wildman–Crippen MR) is 192 cm³/mol. The second-order valence-corrected chi connectivity index (χ2v) is 14.5. The van der Waals surface area contributed by atoms with Crippen LogP contribution in [0.5, 0.6) is 0 Å². The van der Waals surface area contributed by atoms with Crippen molar-refractivity contribution in [1.82, 2.24) is 0 Å². The summed E-state index contributed by atoms with van der Waals surface area (Å²) in [6, 6.07) is 47.9. The summed E-state index contributed by atoms with van der Waals surface area (Å²) in [5.74, 6) is 0. The van der Waals surface area contributed by atoms with Crippen LogP contribution < -0.4 is 0 Å². The van der Waals surface area contributed by atoms with Gasteiger partial charge in [0.25, 0.3) is 11.4 Å². The first-order valence-electron chi connectivity index (χ1n) is 14.5. The fourth-order valence-electron chi connectivity index (χ4n) is 4.73. The summed E-state index contributed by atoms with van der Waals surface area (Å²) >= 11 is 3.36. The van der Waals surface area contributed by atoms with Crippen molar-refractivity contribution in [1.29, 1.82) is 10.5 Å². The molecule has 0 bridgehead atoms. The topological polar surface area (TPSA) is 56.3 Å². The molecule has 224 valence electrons. The summed E-state index contributed by atoms with van der Waals surface area (Å²) in [7, 11) is -0.284. The molecule has 47 heavy (non-hydrogen) atoms. The van der Waals surface area contributed by atoms with Crippen LogP contribution in [-0.2, 0) is 10.9 Å². The van der Waals surface area contributed by atoms with E-state index >= 15 is 0 Å². The van der Waals surface area contributed by atoms with E-state index in [4.69, 9.17) is 13.1 Å². The fraction of sp³-hybridized carbons (Fsp3) is 0.0500. The maximum Gasteiger partial charge on any atom is 0.265 e. The average molecular weight is 660 g/mol. The molecule has 1 unspecified atom stereocenters. The normalized spacial score (nSPS) is 12.3. The largest absolute Gasteiger partial charge is 0.265 e. The number of hydrogen-bond acceptors (Lipinski definition) is 4. The standard InChI is InChI=1S/C40H27N4S3/c1-28(39(26-41)43-3)30-10-14-32(15-11-30)45-34-18-22-37(23-19-34)47(36-8-6-5-7-9-36)38-24-20-35(21-25-38)46-33-16-12-31(13-17-33)29(2)40(27-42)44-4/h5-25H,1-2H3/q+1/b39-28-,40-29+. The summed E-state index contributed by atoms with van der Waals surface area (Å²) in [5, 5.41) is 18.4. The van der Waals surface area contributed by atoms with Gasteiger partial charge in [0.1, 0.15) is 0 Å². The summed E-state index contributed by atoms with van der Waals surface area (Å²) in [6.45, 7) is 18.0. The molecule has 5 rings (SSSR count). The second-order valence-electron chi connectivity index (χ2n) is 10.2. The average Bonchev–Trinajstić information content (AvgIpc) is 3.12. The third kappa shape index (κ3) is 8.06. The Hall–Kier alpha value is -5.41. The highest BCUT2D eigenvalue weighted by atomic mass is 32.2. The quantitative estimate of drug-likeness (QED) is 0.0897. The Morgan fingerprint density at radius 3 is 1.15 bits per heavy atom. The van der Waals surface area contributed by atoms with Crippen LogP contribution in [-0.4, -0.2) is 0 Å². The third-order valence-corrected chi connectivity index (χ3v) is 11.6. The summed E-state index contributed by atoms with van der Waals surface area (Å²) in [5.41, 5.74) is 3.37. The van der Waals surface area contributed by atoms with Crippen molar-refractivity contribution >= 4 is 45.6 Å². The molecule has 0 aliphatic heterocycles. The van der Waals surface area contributed by atoms with Crippen molar-refractivity contribution in [3.63, 3.8) is 0 Å². The zero-order valence-electron chi connectivity index (χ0n) is 25.6. The lowest BCUT2D eigenvalue weighted by molar-refractivity contribution is 1.26. The van der Waals surface area contributed by atoms with Crippen molar-refractivity contribution in [3.8, 4) is 12.1 Å². The Balaban J connectivity index is 1.33. The molecule has 0 heterocycles. The van der Waals surface area contributed by atoms with E-state index in [1.807, 2.05) is 66.7 Å². The van der Waals surface area contributed by atoms with E-state index in [9.17, 15) is 10.5 Å². The molecule has 7 heteroatoms. The zero-order valence-corrected chi connectivity index (χ0v) is 28.1. The SMILES string of the molecule is [C-]#[N+]/C(C#N)=C(/C)c1ccc(Sc2ccc([S+](c3ccccc3)c3ccc(Sc4ccc(/C(C)=C(\C#N)[N+]#[C-])cc4)cc3)cc2)cc1. The van der Waals surface area contributed by atoms with Crippen molar-refractivity contribution in [2.75, 3.05) is 0 Å². The van der Waals surface area contributed by atoms with Gasteiger partial charge in [-0.25, -0.2) is 20.2 Å². The maximum atomic E-state index is 9.19. The van der Waals surface area contributed by atoms with Gasteiger partial charge < -0.3 is 0 Å². The maximum absolute atomic E-state index is 9.19. The molecule has 0 aliphatic rings. The molecular formula is C40H27N4S3+. The molecular weight excluding hydrogens is 633 g/mol. The van der Waals surface area contributed by atoms with Crippen LogP contribution in [0.1, 0.15) is 25.0 Å². The molecule has 0 aliphatic carbocycles. The second kappa shape index (κ2) is 15.7. The van der Waals surface area contributed by atoms with Crippen LogP contribution in [0.3, 0.4) is 0 Å². The molecule has 5 aromatic rings. The first kappa shape index (κ1) is 33.0. The Bertz CT molecular complexity index is 1940. The van der Waals surface area contributed by atoms with Gasteiger partial charge in [0.05, 0.1) is 36.2 Å². The minimum atomic E-state index is -0.284.